The number of amides is 1. The van der Waals surface area contributed by atoms with Crippen molar-refractivity contribution in [3.63, 3.8) is 0 Å². The van der Waals surface area contributed by atoms with Gasteiger partial charge in [0.2, 0.25) is 0 Å². The second-order valence-corrected chi connectivity index (χ2v) is 6.35. The molecule has 3 aromatic rings. The van der Waals surface area contributed by atoms with Crippen LogP contribution in [0.2, 0.25) is 5.02 Å². The highest BCUT2D eigenvalue weighted by Gasteiger charge is 2.07. The summed E-state index contributed by atoms with van der Waals surface area (Å²) in [6.45, 7) is 2.53. The average molecular weight is 368 g/mol. The van der Waals surface area contributed by atoms with Gasteiger partial charge in [0.25, 0.3) is 11.5 Å². The molecule has 0 spiro atoms. The predicted molar refractivity (Wildman–Crippen MR) is 102 cm³/mol. The van der Waals surface area contributed by atoms with Crippen LogP contribution in [0.25, 0.3) is 11.3 Å². The van der Waals surface area contributed by atoms with E-state index in [1.807, 2.05) is 37.3 Å². The number of rotatable bonds is 5. The molecule has 0 aliphatic rings. The first-order chi connectivity index (χ1) is 12.5. The van der Waals surface area contributed by atoms with Crippen LogP contribution in [-0.2, 0) is 6.54 Å². The molecule has 132 valence electrons. The van der Waals surface area contributed by atoms with Crippen LogP contribution in [0.3, 0.4) is 0 Å². The van der Waals surface area contributed by atoms with Gasteiger partial charge in [-0.3, -0.25) is 9.59 Å². The summed E-state index contributed by atoms with van der Waals surface area (Å²) in [5.74, 6) is -0.171. The summed E-state index contributed by atoms with van der Waals surface area (Å²) < 4.78 is 1.35. The summed E-state index contributed by atoms with van der Waals surface area (Å²) in [7, 11) is 0. The molecule has 1 aromatic heterocycles. The first-order valence-electron chi connectivity index (χ1n) is 8.22. The summed E-state index contributed by atoms with van der Waals surface area (Å²) in [5, 5.41) is 7.82. The molecule has 1 heterocycles. The molecule has 0 saturated carbocycles. The van der Waals surface area contributed by atoms with Crippen LogP contribution < -0.4 is 10.9 Å². The van der Waals surface area contributed by atoms with Crippen LogP contribution in [0.1, 0.15) is 15.9 Å². The molecular formula is C20H18ClN3O2. The van der Waals surface area contributed by atoms with Gasteiger partial charge in [0.05, 0.1) is 12.2 Å². The topological polar surface area (TPSA) is 64.0 Å². The quantitative estimate of drug-likeness (QED) is 0.752. The highest BCUT2D eigenvalue weighted by atomic mass is 35.5. The summed E-state index contributed by atoms with van der Waals surface area (Å²) in [6.07, 6.45) is 0. The van der Waals surface area contributed by atoms with E-state index in [4.69, 9.17) is 11.6 Å². The summed E-state index contributed by atoms with van der Waals surface area (Å²) in [5.41, 5.74) is 2.94. The number of aromatic nitrogens is 2. The van der Waals surface area contributed by atoms with Crippen LogP contribution >= 0.6 is 11.6 Å². The Hall–Kier alpha value is -2.92. The number of carbonyl (C=O) groups is 1. The van der Waals surface area contributed by atoms with Crippen molar-refractivity contribution >= 4 is 17.5 Å². The zero-order chi connectivity index (χ0) is 18.5. The largest absolute Gasteiger partial charge is 0.350 e. The molecule has 2 aromatic carbocycles. The number of nitrogens with one attached hydrogen (secondary N) is 1. The predicted octanol–water partition coefficient (Wildman–Crippen LogP) is 3.30. The summed E-state index contributed by atoms with van der Waals surface area (Å²) in [4.78, 5) is 24.2. The second-order valence-electron chi connectivity index (χ2n) is 5.91. The maximum absolute atomic E-state index is 12.2. The number of nitrogens with zero attached hydrogens (tertiary/aromatic N) is 2. The standard InChI is InChI=1S/C20H18ClN3O2/c1-14-3-2-4-16(13-14)20(26)22-11-12-24-19(25)10-9-18(23-24)15-5-7-17(21)8-6-15/h2-10,13H,11-12H2,1H3,(H,22,26). The Morgan fingerprint density at radius 1 is 1.12 bits per heavy atom. The number of aryl methyl sites for hydroxylation is 1. The van der Waals surface area contributed by atoms with Crippen LogP contribution in [0, 0.1) is 6.92 Å². The van der Waals surface area contributed by atoms with Crippen molar-refractivity contribution in [3.8, 4) is 11.3 Å². The van der Waals surface area contributed by atoms with Crippen molar-refractivity contribution in [1.82, 2.24) is 15.1 Å². The summed E-state index contributed by atoms with van der Waals surface area (Å²) in [6, 6.07) is 17.7. The van der Waals surface area contributed by atoms with Crippen LogP contribution in [0.15, 0.2) is 65.5 Å². The van der Waals surface area contributed by atoms with Crippen LogP contribution in [0.5, 0.6) is 0 Å². The Balaban J connectivity index is 1.68. The molecule has 0 unspecified atom stereocenters. The maximum Gasteiger partial charge on any atom is 0.266 e. The van der Waals surface area contributed by atoms with Gasteiger partial charge in [-0.25, -0.2) is 4.68 Å². The van der Waals surface area contributed by atoms with Crippen molar-refractivity contribution in [3.05, 3.63) is 87.2 Å². The molecule has 1 amide bonds. The van der Waals surface area contributed by atoms with Gasteiger partial charge in [-0.2, -0.15) is 5.10 Å². The first kappa shape index (κ1) is 17.9. The van der Waals surface area contributed by atoms with Crippen molar-refractivity contribution < 1.29 is 4.79 Å². The SMILES string of the molecule is Cc1cccc(C(=O)NCCn2nc(-c3ccc(Cl)cc3)ccc2=O)c1. The van der Waals surface area contributed by atoms with E-state index in [1.165, 1.54) is 10.7 Å². The number of halogens is 1. The monoisotopic (exact) mass is 367 g/mol. The normalized spacial score (nSPS) is 10.5. The Labute approximate surface area is 156 Å². The van der Waals surface area contributed by atoms with Crippen LogP contribution in [0.4, 0.5) is 0 Å². The van der Waals surface area contributed by atoms with E-state index in [2.05, 4.69) is 10.4 Å². The average Bonchev–Trinajstić information content (AvgIpc) is 2.64. The molecule has 6 heteroatoms. The zero-order valence-electron chi connectivity index (χ0n) is 14.3. The van der Waals surface area contributed by atoms with Crippen molar-refractivity contribution in [2.75, 3.05) is 6.54 Å². The van der Waals surface area contributed by atoms with Gasteiger partial charge in [-0.15, -0.1) is 0 Å². The van der Waals surface area contributed by atoms with Gasteiger partial charge in [-0.05, 0) is 37.3 Å². The maximum atomic E-state index is 12.2. The lowest BCUT2D eigenvalue weighted by molar-refractivity contribution is 0.0951. The highest BCUT2D eigenvalue weighted by Crippen LogP contribution is 2.18. The number of hydrogen-bond donors (Lipinski definition) is 1. The third-order valence-electron chi connectivity index (χ3n) is 3.90. The minimum Gasteiger partial charge on any atom is -0.350 e. The number of benzene rings is 2. The van der Waals surface area contributed by atoms with Gasteiger partial charge in [-0.1, -0.05) is 41.4 Å². The van der Waals surface area contributed by atoms with Crippen molar-refractivity contribution in [2.45, 2.75) is 13.5 Å². The van der Waals surface area contributed by atoms with Crippen LogP contribution in [-0.4, -0.2) is 22.2 Å². The molecule has 0 fully saturated rings. The van der Waals surface area contributed by atoms with E-state index in [0.29, 0.717) is 22.8 Å². The third-order valence-corrected chi connectivity index (χ3v) is 4.15. The second kappa shape index (κ2) is 7.97. The molecule has 1 N–H and O–H groups in total. The molecule has 0 aliphatic heterocycles. The Morgan fingerprint density at radius 3 is 2.62 bits per heavy atom. The Bertz CT molecular complexity index is 981. The third kappa shape index (κ3) is 4.37. The van der Waals surface area contributed by atoms with Gasteiger partial charge in [0.15, 0.2) is 0 Å². The van der Waals surface area contributed by atoms with Gasteiger partial charge in [0, 0.05) is 28.8 Å². The van der Waals surface area contributed by atoms with Crippen molar-refractivity contribution in [1.29, 1.82) is 0 Å². The van der Waals surface area contributed by atoms with E-state index >= 15 is 0 Å². The molecule has 5 nitrogen and oxygen atoms in total. The van der Waals surface area contributed by atoms with Gasteiger partial charge >= 0.3 is 0 Å². The molecule has 0 atom stereocenters. The van der Waals surface area contributed by atoms with E-state index in [1.54, 1.807) is 24.3 Å². The Morgan fingerprint density at radius 2 is 1.88 bits per heavy atom. The first-order valence-corrected chi connectivity index (χ1v) is 8.60. The minimum absolute atomic E-state index is 0.171. The van der Waals surface area contributed by atoms with Gasteiger partial charge < -0.3 is 5.32 Å². The highest BCUT2D eigenvalue weighted by molar-refractivity contribution is 6.30. The van der Waals surface area contributed by atoms with Crippen molar-refractivity contribution in [2.24, 2.45) is 0 Å². The fourth-order valence-corrected chi connectivity index (χ4v) is 2.67. The molecular weight excluding hydrogens is 350 g/mol. The lowest BCUT2D eigenvalue weighted by Gasteiger charge is -2.09. The molecule has 3 rings (SSSR count). The molecule has 0 aliphatic carbocycles. The van der Waals surface area contributed by atoms with E-state index < -0.39 is 0 Å². The zero-order valence-corrected chi connectivity index (χ0v) is 15.0. The molecule has 26 heavy (non-hydrogen) atoms. The minimum atomic E-state index is -0.215. The van der Waals surface area contributed by atoms with Gasteiger partial charge in [0.1, 0.15) is 0 Å². The lowest BCUT2D eigenvalue weighted by Crippen LogP contribution is -2.32. The smallest absolute Gasteiger partial charge is 0.266 e. The van der Waals surface area contributed by atoms with E-state index in [9.17, 15) is 9.59 Å². The number of hydrogen-bond acceptors (Lipinski definition) is 3. The Kier molecular flexibility index (Phi) is 5.49. The molecule has 0 radical (unpaired) electrons. The lowest BCUT2D eigenvalue weighted by atomic mass is 10.1. The van der Waals surface area contributed by atoms with E-state index in [0.717, 1.165) is 11.1 Å². The fraction of sp³-hybridized carbons (Fsp3) is 0.150. The molecule has 0 saturated heterocycles. The molecule has 0 bridgehead atoms. The summed E-state index contributed by atoms with van der Waals surface area (Å²) >= 11 is 5.90. The van der Waals surface area contributed by atoms with E-state index in [-0.39, 0.29) is 18.0 Å². The fourth-order valence-electron chi connectivity index (χ4n) is 2.55. The number of carbonyl (C=O) groups excluding carboxylic acids is 1.